The predicted molar refractivity (Wildman–Crippen MR) is 86.0 cm³/mol. The monoisotopic (exact) mass is 337 g/mol. The number of aromatic nitrogens is 1. The SMILES string of the molecule is CNc1snc(C)c1C(=O)NC1CC(c2ccc(F)cc2F)C1. The number of benzene rings is 1. The minimum atomic E-state index is -0.574. The third-order valence-electron chi connectivity index (χ3n) is 4.19. The first kappa shape index (κ1) is 15.9. The van der Waals surface area contributed by atoms with Gasteiger partial charge in [0.25, 0.3) is 5.91 Å². The highest BCUT2D eigenvalue weighted by Gasteiger charge is 2.34. The number of anilines is 1. The van der Waals surface area contributed by atoms with E-state index in [-0.39, 0.29) is 17.9 Å². The number of carbonyl (C=O) groups excluding carboxylic acids is 1. The summed E-state index contributed by atoms with van der Waals surface area (Å²) < 4.78 is 30.9. The normalized spacial score (nSPS) is 20.0. The van der Waals surface area contributed by atoms with Crippen LogP contribution in [0, 0.1) is 18.6 Å². The Morgan fingerprint density at radius 3 is 2.74 bits per heavy atom. The van der Waals surface area contributed by atoms with Gasteiger partial charge in [0.1, 0.15) is 16.6 Å². The number of hydrogen-bond donors (Lipinski definition) is 2. The van der Waals surface area contributed by atoms with Crippen LogP contribution >= 0.6 is 11.5 Å². The summed E-state index contributed by atoms with van der Waals surface area (Å²) in [5.74, 6) is -1.24. The zero-order chi connectivity index (χ0) is 16.6. The van der Waals surface area contributed by atoms with Gasteiger partial charge in [0.15, 0.2) is 0 Å². The molecule has 0 radical (unpaired) electrons. The van der Waals surface area contributed by atoms with E-state index in [0.29, 0.717) is 29.7 Å². The van der Waals surface area contributed by atoms with E-state index in [9.17, 15) is 13.6 Å². The summed E-state index contributed by atoms with van der Waals surface area (Å²) in [6.45, 7) is 1.80. The number of aryl methyl sites for hydroxylation is 1. The molecule has 0 bridgehead atoms. The molecule has 0 aliphatic heterocycles. The molecule has 0 spiro atoms. The maximum absolute atomic E-state index is 13.7. The molecule has 1 aromatic heterocycles. The molecule has 4 nitrogen and oxygen atoms in total. The smallest absolute Gasteiger partial charge is 0.256 e. The summed E-state index contributed by atoms with van der Waals surface area (Å²) in [7, 11) is 1.75. The van der Waals surface area contributed by atoms with Gasteiger partial charge in [-0.05, 0) is 48.8 Å². The summed E-state index contributed by atoms with van der Waals surface area (Å²) in [6, 6.07) is 3.66. The first-order valence-corrected chi connectivity index (χ1v) is 8.16. The Balaban J connectivity index is 1.62. The molecule has 122 valence electrons. The van der Waals surface area contributed by atoms with Gasteiger partial charge >= 0.3 is 0 Å². The number of rotatable bonds is 4. The summed E-state index contributed by atoms with van der Waals surface area (Å²) in [5, 5.41) is 6.66. The predicted octanol–water partition coefficient (Wildman–Crippen LogP) is 3.45. The second-order valence-electron chi connectivity index (χ2n) is 5.73. The number of halogens is 2. The van der Waals surface area contributed by atoms with Crippen LogP contribution in [0.15, 0.2) is 18.2 Å². The van der Waals surface area contributed by atoms with E-state index in [2.05, 4.69) is 15.0 Å². The van der Waals surface area contributed by atoms with Crippen LogP contribution in [0.1, 0.15) is 40.4 Å². The Hall–Kier alpha value is -2.02. The molecular weight excluding hydrogens is 320 g/mol. The van der Waals surface area contributed by atoms with Crippen LogP contribution in [-0.2, 0) is 0 Å². The zero-order valence-electron chi connectivity index (χ0n) is 12.8. The molecule has 2 aromatic rings. The largest absolute Gasteiger partial charge is 0.378 e. The molecule has 1 aliphatic carbocycles. The van der Waals surface area contributed by atoms with E-state index in [1.807, 2.05) is 0 Å². The van der Waals surface area contributed by atoms with Crippen LogP contribution in [0.3, 0.4) is 0 Å². The van der Waals surface area contributed by atoms with Crippen LogP contribution in [-0.4, -0.2) is 23.4 Å². The lowest BCUT2D eigenvalue weighted by Crippen LogP contribution is -2.43. The molecule has 1 aliphatic rings. The minimum Gasteiger partial charge on any atom is -0.378 e. The molecule has 0 unspecified atom stereocenters. The first-order valence-electron chi connectivity index (χ1n) is 7.39. The molecule has 1 heterocycles. The quantitative estimate of drug-likeness (QED) is 0.898. The topological polar surface area (TPSA) is 54.0 Å². The second-order valence-corrected chi connectivity index (χ2v) is 6.50. The van der Waals surface area contributed by atoms with Crippen molar-refractivity contribution < 1.29 is 13.6 Å². The average Bonchev–Trinajstić information content (AvgIpc) is 2.84. The number of nitrogens with zero attached hydrogens (tertiary/aromatic N) is 1. The van der Waals surface area contributed by atoms with Gasteiger partial charge in [0, 0.05) is 19.2 Å². The molecule has 1 fully saturated rings. The van der Waals surface area contributed by atoms with Crippen molar-refractivity contribution in [1.29, 1.82) is 0 Å². The van der Waals surface area contributed by atoms with Gasteiger partial charge in [0.2, 0.25) is 0 Å². The molecule has 0 saturated heterocycles. The highest BCUT2D eigenvalue weighted by molar-refractivity contribution is 7.10. The molecule has 3 rings (SSSR count). The van der Waals surface area contributed by atoms with Gasteiger partial charge in [-0.3, -0.25) is 4.79 Å². The zero-order valence-corrected chi connectivity index (χ0v) is 13.6. The Bertz CT molecular complexity index is 741. The standard InChI is InChI=1S/C16H17F2N3OS/c1-8-14(16(19-2)23-21-8)15(22)20-11-5-9(6-11)12-4-3-10(17)7-13(12)18/h3-4,7,9,11,19H,5-6H2,1-2H3,(H,20,22). The highest BCUT2D eigenvalue weighted by atomic mass is 32.1. The third kappa shape index (κ3) is 3.06. The fourth-order valence-corrected chi connectivity index (χ4v) is 3.63. The summed E-state index contributed by atoms with van der Waals surface area (Å²) in [5.41, 5.74) is 1.77. The lowest BCUT2D eigenvalue weighted by Gasteiger charge is -2.36. The van der Waals surface area contributed by atoms with E-state index in [1.54, 1.807) is 14.0 Å². The van der Waals surface area contributed by atoms with Crippen molar-refractivity contribution in [1.82, 2.24) is 9.69 Å². The molecule has 2 N–H and O–H groups in total. The number of hydrogen-bond acceptors (Lipinski definition) is 4. The lowest BCUT2D eigenvalue weighted by molar-refractivity contribution is 0.0909. The van der Waals surface area contributed by atoms with E-state index in [1.165, 1.54) is 23.7 Å². The van der Waals surface area contributed by atoms with Crippen molar-refractivity contribution in [2.24, 2.45) is 0 Å². The van der Waals surface area contributed by atoms with Crippen LogP contribution in [0.2, 0.25) is 0 Å². The van der Waals surface area contributed by atoms with Crippen molar-refractivity contribution in [2.45, 2.75) is 31.7 Å². The van der Waals surface area contributed by atoms with E-state index < -0.39 is 11.6 Å². The first-order chi connectivity index (χ1) is 11.0. The van der Waals surface area contributed by atoms with E-state index in [0.717, 1.165) is 11.1 Å². The maximum atomic E-state index is 13.7. The number of carbonyl (C=O) groups is 1. The van der Waals surface area contributed by atoms with Crippen LogP contribution in [0.25, 0.3) is 0 Å². The van der Waals surface area contributed by atoms with Crippen LogP contribution in [0.4, 0.5) is 13.8 Å². The number of nitrogens with one attached hydrogen (secondary N) is 2. The molecule has 23 heavy (non-hydrogen) atoms. The molecule has 1 amide bonds. The van der Waals surface area contributed by atoms with Gasteiger partial charge < -0.3 is 10.6 Å². The van der Waals surface area contributed by atoms with E-state index >= 15 is 0 Å². The summed E-state index contributed by atoms with van der Waals surface area (Å²) in [6.07, 6.45) is 1.31. The maximum Gasteiger partial charge on any atom is 0.256 e. The lowest BCUT2D eigenvalue weighted by atomic mass is 9.75. The third-order valence-corrected chi connectivity index (χ3v) is 5.15. The Labute approximate surface area is 137 Å². The van der Waals surface area contributed by atoms with Crippen LogP contribution < -0.4 is 10.6 Å². The molecular formula is C16H17F2N3OS. The Morgan fingerprint density at radius 1 is 1.35 bits per heavy atom. The molecule has 0 atom stereocenters. The van der Waals surface area contributed by atoms with Gasteiger partial charge in [-0.2, -0.15) is 4.37 Å². The average molecular weight is 337 g/mol. The highest BCUT2D eigenvalue weighted by Crippen LogP contribution is 2.38. The van der Waals surface area contributed by atoms with Crippen molar-refractivity contribution in [2.75, 3.05) is 12.4 Å². The molecule has 7 heteroatoms. The fraction of sp³-hybridized carbons (Fsp3) is 0.375. The van der Waals surface area contributed by atoms with Gasteiger partial charge in [-0.1, -0.05) is 6.07 Å². The van der Waals surface area contributed by atoms with Gasteiger partial charge in [-0.15, -0.1) is 0 Å². The van der Waals surface area contributed by atoms with E-state index in [4.69, 9.17) is 0 Å². The number of amides is 1. The van der Waals surface area contributed by atoms with Crippen molar-refractivity contribution >= 4 is 22.4 Å². The molecule has 1 aromatic carbocycles. The molecule has 1 saturated carbocycles. The van der Waals surface area contributed by atoms with Gasteiger partial charge in [-0.25, -0.2) is 8.78 Å². The van der Waals surface area contributed by atoms with Gasteiger partial charge in [0.05, 0.1) is 11.3 Å². The van der Waals surface area contributed by atoms with Crippen molar-refractivity contribution in [3.8, 4) is 0 Å². The summed E-state index contributed by atoms with van der Waals surface area (Å²) >= 11 is 1.25. The van der Waals surface area contributed by atoms with Crippen molar-refractivity contribution in [3.63, 3.8) is 0 Å². The van der Waals surface area contributed by atoms with Crippen LogP contribution in [0.5, 0.6) is 0 Å². The Morgan fingerprint density at radius 2 is 2.09 bits per heavy atom. The second kappa shape index (κ2) is 6.23. The van der Waals surface area contributed by atoms with Crippen molar-refractivity contribution in [3.05, 3.63) is 46.7 Å². The summed E-state index contributed by atoms with van der Waals surface area (Å²) in [4.78, 5) is 12.4. The Kier molecular flexibility index (Phi) is 4.30. The fourth-order valence-electron chi connectivity index (χ4n) is 2.89. The minimum absolute atomic E-state index is 0.000888.